The number of hydrogen-bond donors (Lipinski definition) is 2. The first kappa shape index (κ1) is 19.7. The molecule has 2 N–H and O–H groups in total. The minimum Gasteiger partial charge on any atom is -0.462 e. The zero-order chi connectivity index (χ0) is 18.4. The predicted octanol–water partition coefficient (Wildman–Crippen LogP) is 3.42. The molecule has 0 aromatic carbocycles. The Morgan fingerprint density at radius 2 is 2.00 bits per heavy atom. The average Bonchev–Trinajstić information content (AvgIpc) is 3.17. The number of thioether (sulfide) groups is 1. The number of amides is 1. The molecule has 0 atom stereocenters. The normalized spacial score (nSPS) is 10.6. The van der Waals surface area contributed by atoms with Crippen LogP contribution in [0.3, 0.4) is 0 Å². The van der Waals surface area contributed by atoms with Crippen LogP contribution in [0.2, 0.25) is 0 Å². The highest BCUT2D eigenvalue weighted by molar-refractivity contribution is 8.01. The number of thiophene rings is 1. The SMILES string of the molecule is CCOC(=O)c1c(NC(=O)CSc2nnc(NC)s2)sc(CC)c1C. The summed E-state index contributed by atoms with van der Waals surface area (Å²) in [5, 5.41) is 14.9. The monoisotopic (exact) mass is 400 g/mol. The van der Waals surface area contributed by atoms with Crippen molar-refractivity contribution in [1.82, 2.24) is 10.2 Å². The lowest BCUT2D eigenvalue weighted by molar-refractivity contribution is -0.113. The average molecular weight is 401 g/mol. The van der Waals surface area contributed by atoms with Gasteiger partial charge in [-0.05, 0) is 25.8 Å². The van der Waals surface area contributed by atoms with Crippen LogP contribution in [0, 0.1) is 6.92 Å². The Hall–Kier alpha value is -1.65. The summed E-state index contributed by atoms with van der Waals surface area (Å²) in [6, 6.07) is 0. The molecule has 0 bridgehead atoms. The predicted molar refractivity (Wildman–Crippen MR) is 103 cm³/mol. The maximum Gasteiger partial charge on any atom is 0.341 e. The highest BCUT2D eigenvalue weighted by Gasteiger charge is 2.23. The third-order valence-corrected chi connectivity index (χ3v) is 6.67. The fourth-order valence-corrected chi connectivity index (χ4v) is 4.75. The molecule has 1 amide bonds. The highest BCUT2D eigenvalue weighted by atomic mass is 32.2. The molecule has 2 aromatic rings. The minimum absolute atomic E-state index is 0.193. The number of esters is 1. The van der Waals surface area contributed by atoms with E-state index in [0.29, 0.717) is 26.6 Å². The Kier molecular flexibility index (Phi) is 7.21. The molecule has 0 unspecified atom stereocenters. The van der Waals surface area contributed by atoms with Crippen LogP contribution in [-0.2, 0) is 16.0 Å². The lowest BCUT2D eigenvalue weighted by Gasteiger charge is -2.06. The number of carbonyl (C=O) groups is 2. The molecule has 0 fully saturated rings. The number of hydrogen-bond acceptors (Lipinski definition) is 9. The van der Waals surface area contributed by atoms with Crippen molar-refractivity contribution in [3.63, 3.8) is 0 Å². The van der Waals surface area contributed by atoms with Gasteiger partial charge < -0.3 is 15.4 Å². The number of aryl methyl sites for hydroxylation is 1. The van der Waals surface area contributed by atoms with Crippen molar-refractivity contribution in [2.45, 2.75) is 31.5 Å². The van der Waals surface area contributed by atoms with Crippen LogP contribution < -0.4 is 10.6 Å². The Morgan fingerprint density at radius 1 is 1.24 bits per heavy atom. The van der Waals surface area contributed by atoms with Crippen LogP contribution in [0.15, 0.2) is 4.34 Å². The van der Waals surface area contributed by atoms with Crippen molar-refractivity contribution in [2.24, 2.45) is 0 Å². The molecule has 0 aliphatic carbocycles. The van der Waals surface area contributed by atoms with E-state index < -0.39 is 5.97 Å². The largest absolute Gasteiger partial charge is 0.462 e. The fraction of sp³-hybridized carbons (Fsp3) is 0.467. The first-order valence-electron chi connectivity index (χ1n) is 7.73. The maximum atomic E-state index is 12.3. The topological polar surface area (TPSA) is 93.2 Å². The molecular weight excluding hydrogens is 380 g/mol. The van der Waals surface area contributed by atoms with Crippen molar-refractivity contribution >= 4 is 56.4 Å². The molecule has 2 aromatic heterocycles. The summed E-state index contributed by atoms with van der Waals surface area (Å²) in [4.78, 5) is 25.5. The molecule has 0 saturated heterocycles. The molecule has 0 aliphatic heterocycles. The van der Waals surface area contributed by atoms with Crippen molar-refractivity contribution < 1.29 is 14.3 Å². The van der Waals surface area contributed by atoms with Crippen LogP contribution >= 0.6 is 34.4 Å². The van der Waals surface area contributed by atoms with Gasteiger partial charge in [0, 0.05) is 11.9 Å². The lowest BCUT2D eigenvalue weighted by atomic mass is 10.1. The number of ether oxygens (including phenoxy) is 1. The zero-order valence-corrected chi connectivity index (χ0v) is 16.9. The zero-order valence-electron chi connectivity index (χ0n) is 14.5. The van der Waals surface area contributed by atoms with Gasteiger partial charge in [-0.3, -0.25) is 4.79 Å². The van der Waals surface area contributed by atoms with Gasteiger partial charge in [0.15, 0.2) is 4.34 Å². The smallest absolute Gasteiger partial charge is 0.341 e. The summed E-state index contributed by atoms with van der Waals surface area (Å²) in [5.74, 6) is -0.402. The summed E-state index contributed by atoms with van der Waals surface area (Å²) in [6.45, 7) is 5.96. The molecule has 2 heterocycles. The van der Waals surface area contributed by atoms with E-state index in [1.807, 2.05) is 13.8 Å². The molecule has 25 heavy (non-hydrogen) atoms. The molecule has 0 aliphatic rings. The quantitative estimate of drug-likeness (QED) is 0.518. The first-order chi connectivity index (χ1) is 12.0. The summed E-state index contributed by atoms with van der Waals surface area (Å²) >= 11 is 4.11. The highest BCUT2D eigenvalue weighted by Crippen LogP contribution is 2.34. The number of anilines is 2. The van der Waals surface area contributed by atoms with E-state index in [4.69, 9.17) is 4.74 Å². The van der Waals surface area contributed by atoms with E-state index in [2.05, 4.69) is 20.8 Å². The third-order valence-electron chi connectivity index (χ3n) is 3.25. The van der Waals surface area contributed by atoms with Crippen molar-refractivity contribution in [2.75, 3.05) is 30.0 Å². The Bertz CT molecular complexity index is 757. The van der Waals surface area contributed by atoms with Crippen LogP contribution in [0.25, 0.3) is 0 Å². The van der Waals surface area contributed by atoms with Crippen molar-refractivity contribution in [1.29, 1.82) is 0 Å². The summed E-state index contributed by atoms with van der Waals surface area (Å²) in [5.41, 5.74) is 1.33. The fourth-order valence-electron chi connectivity index (χ4n) is 2.09. The van der Waals surface area contributed by atoms with E-state index >= 15 is 0 Å². The first-order valence-corrected chi connectivity index (χ1v) is 10.3. The maximum absolute atomic E-state index is 12.3. The van der Waals surface area contributed by atoms with Crippen LogP contribution in [0.1, 0.15) is 34.6 Å². The Labute approximate surface area is 158 Å². The van der Waals surface area contributed by atoms with Gasteiger partial charge in [-0.2, -0.15) is 0 Å². The van der Waals surface area contributed by atoms with Gasteiger partial charge in [0.05, 0.1) is 17.9 Å². The van der Waals surface area contributed by atoms with Gasteiger partial charge in [0.1, 0.15) is 5.00 Å². The number of rotatable bonds is 8. The molecule has 0 radical (unpaired) electrons. The van der Waals surface area contributed by atoms with Gasteiger partial charge in [-0.1, -0.05) is 30.0 Å². The second kappa shape index (κ2) is 9.16. The molecule has 0 saturated carbocycles. The summed E-state index contributed by atoms with van der Waals surface area (Å²) in [6.07, 6.45) is 0.797. The van der Waals surface area contributed by atoms with E-state index in [0.717, 1.165) is 16.9 Å². The third kappa shape index (κ3) is 4.93. The van der Waals surface area contributed by atoms with Gasteiger partial charge in [-0.25, -0.2) is 4.79 Å². The van der Waals surface area contributed by atoms with Crippen molar-refractivity contribution in [3.05, 3.63) is 16.0 Å². The summed E-state index contributed by atoms with van der Waals surface area (Å²) < 4.78 is 5.83. The van der Waals surface area contributed by atoms with Crippen molar-refractivity contribution in [3.8, 4) is 0 Å². The summed E-state index contributed by atoms with van der Waals surface area (Å²) in [7, 11) is 1.77. The van der Waals surface area contributed by atoms with Gasteiger partial charge in [0.25, 0.3) is 0 Å². The van der Waals surface area contributed by atoms with Crippen LogP contribution in [0.5, 0.6) is 0 Å². The van der Waals surface area contributed by atoms with E-state index in [-0.39, 0.29) is 11.7 Å². The van der Waals surface area contributed by atoms with Crippen LogP contribution in [0.4, 0.5) is 10.1 Å². The van der Waals surface area contributed by atoms with Gasteiger partial charge in [-0.15, -0.1) is 21.5 Å². The molecule has 7 nitrogen and oxygen atoms in total. The Balaban J connectivity index is 2.07. The second-order valence-electron chi connectivity index (χ2n) is 4.89. The molecule has 10 heteroatoms. The lowest BCUT2D eigenvalue weighted by Crippen LogP contribution is -2.16. The molecular formula is C15H20N4O3S3. The van der Waals surface area contributed by atoms with E-state index in [9.17, 15) is 9.59 Å². The van der Waals surface area contributed by atoms with Crippen LogP contribution in [-0.4, -0.2) is 41.5 Å². The number of nitrogens with one attached hydrogen (secondary N) is 2. The molecule has 0 spiro atoms. The Morgan fingerprint density at radius 3 is 2.60 bits per heavy atom. The van der Waals surface area contributed by atoms with Gasteiger partial charge >= 0.3 is 5.97 Å². The number of carbonyl (C=O) groups excluding carboxylic acids is 2. The van der Waals surface area contributed by atoms with E-state index in [1.54, 1.807) is 14.0 Å². The number of aromatic nitrogens is 2. The van der Waals surface area contributed by atoms with Gasteiger partial charge in [0.2, 0.25) is 11.0 Å². The molecule has 2 rings (SSSR count). The standard InChI is InChI=1S/C15H20N4O3S3/c1-5-9-8(3)11(13(21)22-6-2)12(24-9)17-10(20)7-23-15-19-18-14(16-4)25-15/h5-7H2,1-4H3,(H,16,18)(H,17,20). The van der Waals surface area contributed by atoms with E-state index in [1.165, 1.54) is 34.4 Å². The minimum atomic E-state index is -0.401. The second-order valence-corrected chi connectivity index (χ2v) is 8.19. The molecule has 136 valence electrons. The number of nitrogens with zero attached hydrogens (tertiary/aromatic N) is 2.